The SMILES string of the molecule is CCCN(CCO)C(=O)NC(CC)CC(=O)O. The maximum Gasteiger partial charge on any atom is 0.317 e. The van der Waals surface area contributed by atoms with Crippen LogP contribution in [0.15, 0.2) is 0 Å². The Balaban J connectivity index is 4.29. The molecule has 17 heavy (non-hydrogen) atoms. The first-order valence-electron chi connectivity index (χ1n) is 5.93. The van der Waals surface area contributed by atoms with E-state index in [0.29, 0.717) is 13.0 Å². The van der Waals surface area contributed by atoms with Gasteiger partial charge in [0.25, 0.3) is 0 Å². The molecule has 6 nitrogen and oxygen atoms in total. The van der Waals surface area contributed by atoms with E-state index in [2.05, 4.69) is 5.32 Å². The van der Waals surface area contributed by atoms with Crippen molar-refractivity contribution in [2.45, 2.75) is 39.2 Å². The summed E-state index contributed by atoms with van der Waals surface area (Å²) in [7, 11) is 0. The molecule has 0 aromatic rings. The first-order valence-corrected chi connectivity index (χ1v) is 5.93. The predicted octanol–water partition coefficient (Wildman–Crippen LogP) is 0.654. The number of carboxylic acid groups (broad SMARTS) is 1. The number of aliphatic hydroxyl groups is 1. The zero-order valence-corrected chi connectivity index (χ0v) is 10.5. The van der Waals surface area contributed by atoms with Crippen molar-refractivity contribution in [1.29, 1.82) is 0 Å². The predicted molar refractivity (Wildman–Crippen MR) is 63.8 cm³/mol. The number of rotatable bonds is 8. The lowest BCUT2D eigenvalue weighted by Crippen LogP contribution is -2.46. The fraction of sp³-hybridized carbons (Fsp3) is 0.818. The molecule has 6 heteroatoms. The van der Waals surface area contributed by atoms with Gasteiger partial charge in [-0.25, -0.2) is 4.79 Å². The van der Waals surface area contributed by atoms with Gasteiger partial charge >= 0.3 is 12.0 Å². The van der Waals surface area contributed by atoms with Crippen molar-refractivity contribution in [3.8, 4) is 0 Å². The number of carboxylic acids is 1. The second-order valence-corrected chi connectivity index (χ2v) is 3.86. The number of amides is 2. The van der Waals surface area contributed by atoms with E-state index >= 15 is 0 Å². The summed E-state index contributed by atoms with van der Waals surface area (Å²) in [5, 5.41) is 20.2. The third kappa shape index (κ3) is 6.78. The molecule has 0 heterocycles. The number of hydrogen-bond acceptors (Lipinski definition) is 3. The van der Waals surface area contributed by atoms with Gasteiger partial charge in [0, 0.05) is 19.1 Å². The van der Waals surface area contributed by atoms with E-state index in [1.54, 1.807) is 0 Å². The minimum Gasteiger partial charge on any atom is -0.481 e. The second kappa shape index (κ2) is 8.81. The number of aliphatic carboxylic acids is 1. The lowest BCUT2D eigenvalue weighted by Gasteiger charge is -2.24. The first kappa shape index (κ1) is 15.7. The Morgan fingerprint density at radius 3 is 2.35 bits per heavy atom. The standard InChI is InChI=1S/C11H22N2O4/c1-3-5-13(6-7-14)11(17)12-9(4-2)8-10(15)16/h9,14H,3-8H2,1-2H3,(H,12,17)(H,15,16). The van der Waals surface area contributed by atoms with Crippen LogP contribution in [0.3, 0.4) is 0 Å². The van der Waals surface area contributed by atoms with Crippen LogP contribution in [0.5, 0.6) is 0 Å². The van der Waals surface area contributed by atoms with Gasteiger partial charge in [0.2, 0.25) is 0 Å². The highest BCUT2D eigenvalue weighted by Gasteiger charge is 2.17. The van der Waals surface area contributed by atoms with Crippen LogP contribution in [-0.4, -0.2) is 52.9 Å². The molecule has 0 aliphatic rings. The van der Waals surface area contributed by atoms with Gasteiger partial charge in [-0.3, -0.25) is 4.79 Å². The largest absolute Gasteiger partial charge is 0.481 e. The van der Waals surface area contributed by atoms with Gasteiger partial charge in [-0.1, -0.05) is 13.8 Å². The Morgan fingerprint density at radius 2 is 1.94 bits per heavy atom. The summed E-state index contributed by atoms with van der Waals surface area (Å²) in [6, 6.07) is -0.674. The fourth-order valence-electron chi connectivity index (χ4n) is 1.48. The molecular formula is C11H22N2O4. The summed E-state index contributed by atoms with van der Waals surface area (Å²) in [4.78, 5) is 23.8. The monoisotopic (exact) mass is 246 g/mol. The summed E-state index contributed by atoms with van der Waals surface area (Å²) in [5.74, 6) is -0.929. The van der Waals surface area contributed by atoms with E-state index in [1.165, 1.54) is 4.90 Å². The van der Waals surface area contributed by atoms with E-state index in [1.807, 2.05) is 13.8 Å². The minimum atomic E-state index is -0.929. The molecule has 0 radical (unpaired) electrons. The van der Waals surface area contributed by atoms with Crippen LogP contribution >= 0.6 is 0 Å². The van der Waals surface area contributed by atoms with Gasteiger partial charge in [0.15, 0.2) is 0 Å². The summed E-state index contributed by atoms with van der Waals surface area (Å²) in [5.41, 5.74) is 0. The van der Waals surface area contributed by atoms with Crippen molar-refractivity contribution in [2.24, 2.45) is 0 Å². The van der Waals surface area contributed by atoms with E-state index in [0.717, 1.165) is 6.42 Å². The van der Waals surface area contributed by atoms with Crippen LogP contribution in [0, 0.1) is 0 Å². The van der Waals surface area contributed by atoms with Crippen LogP contribution in [0.25, 0.3) is 0 Å². The highest BCUT2D eigenvalue weighted by Crippen LogP contribution is 2.00. The van der Waals surface area contributed by atoms with E-state index in [9.17, 15) is 9.59 Å². The average molecular weight is 246 g/mol. The highest BCUT2D eigenvalue weighted by atomic mass is 16.4. The highest BCUT2D eigenvalue weighted by molar-refractivity contribution is 5.75. The van der Waals surface area contributed by atoms with Crippen molar-refractivity contribution in [2.75, 3.05) is 19.7 Å². The summed E-state index contributed by atoms with van der Waals surface area (Å²) in [6.45, 7) is 4.48. The van der Waals surface area contributed by atoms with Crippen LogP contribution in [0.4, 0.5) is 4.79 Å². The summed E-state index contributed by atoms with van der Waals surface area (Å²) in [6.07, 6.45) is 1.28. The van der Waals surface area contributed by atoms with Gasteiger partial charge in [0.05, 0.1) is 13.0 Å². The molecule has 0 aromatic heterocycles. The summed E-state index contributed by atoms with van der Waals surface area (Å²) < 4.78 is 0. The third-order valence-electron chi connectivity index (χ3n) is 2.39. The average Bonchev–Trinajstić information content (AvgIpc) is 2.27. The third-order valence-corrected chi connectivity index (χ3v) is 2.39. The van der Waals surface area contributed by atoms with Crippen LogP contribution in [-0.2, 0) is 4.79 Å². The number of carbonyl (C=O) groups is 2. The topological polar surface area (TPSA) is 89.9 Å². The molecular weight excluding hydrogens is 224 g/mol. The lowest BCUT2D eigenvalue weighted by molar-refractivity contribution is -0.137. The Labute approximate surface area is 102 Å². The van der Waals surface area contributed by atoms with Gasteiger partial charge in [-0.15, -0.1) is 0 Å². The van der Waals surface area contributed by atoms with Gasteiger partial charge in [-0.2, -0.15) is 0 Å². The summed E-state index contributed by atoms with van der Waals surface area (Å²) >= 11 is 0. The van der Waals surface area contributed by atoms with Crippen LogP contribution in [0.1, 0.15) is 33.1 Å². The quantitative estimate of drug-likeness (QED) is 0.586. The van der Waals surface area contributed by atoms with Crippen molar-refractivity contribution < 1.29 is 19.8 Å². The Kier molecular flexibility index (Phi) is 8.13. The first-order chi connectivity index (χ1) is 8.04. The van der Waals surface area contributed by atoms with E-state index in [-0.39, 0.29) is 31.6 Å². The van der Waals surface area contributed by atoms with E-state index in [4.69, 9.17) is 10.2 Å². The molecule has 0 fully saturated rings. The van der Waals surface area contributed by atoms with Gasteiger partial charge in [-0.05, 0) is 12.8 Å². The Bertz CT molecular complexity index is 240. The zero-order valence-electron chi connectivity index (χ0n) is 10.5. The van der Waals surface area contributed by atoms with Crippen molar-refractivity contribution >= 4 is 12.0 Å². The molecule has 0 aliphatic heterocycles. The van der Waals surface area contributed by atoms with E-state index < -0.39 is 5.97 Å². The molecule has 0 aromatic carbocycles. The molecule has 0 aliphatic carbocycles. The maximum absolute atomic E-state index is 11.8. The molecule has 0 rings (SSSR count). The number of aliphatic hydroxyl groups excluding tert-OH is 1. The van der Waals surface area contributed by atoms with Crippen LogP contribution < -0.4 is 5.32 Å². The van der Waals surface area contributed by atoms with Crippen molar-refractivity contribution in [3.63, 3.8) is 0 Å². The minimum absolute atomic E-state index is 0.0820. The smallest absolute Gasteiger partial charge is 0.317 e. The lowest BCUT2D eigenvalue weighted by atomic mass is 10.1. The number of hydrogen-bond donors (Lipinski definition) is 3. The van der Waals surface area contributed by atoms with Gasteiger partial charge in [0.1, 0.15) is 0 Å². The molecule has 1 atom stereocenters. The molecule has 0 bridgehead atoms. The fourth-order valence-corrected chi connectivity index (χ4v) is 1.48. The molecule has 0 spiro atoms. The Morgan fingerprint density at radius 1 is 1.29 bits per heavy atom. The number of nitrogens with zero attached hydrogens (tertiary/aromatic N) is 1. The number of carbonyl (C=O) groups excluding carboxylic acids is 1. The molecule has 0 saturated heterocycles. The molecule has 0 saturated carbocycles. The van der Waals surface area contributed by atoms with Crippen LogP contribution in [0.2, 0.25) is 0 Å². The number of urea groups is 1. The Hall–Kier alpha value is -1.30. The molecule has 100 valence electrons. The second-order valence-electron chi connectivity index (χ2n) is 3.86. The maximum atomic E-state index is 11.8. The molecule has 3 N–H and O–H groups in total. The molecule has 2 amide bonds. The van der Waals surface area contributed by atoms with Crippen molar-refractivity contribution in [1.82, 2.24) is 10.2 Å². The zero-order chi connectivity index (χ0) is 13.3. The van der Waals surface area contributed by atoms with Gasteiger partial charge < -0.3 is 20.4 Å². The number of nitrogens with one attached hydrogen (secondary N) is 1. The normalized spacial score (nSPS) is 11.9. The molecule has 1 unspecified atom stereocenters. The van der Waals surface area contributed by atoms with Crippen molar-refractivity contribution in [3.05, 3.63) is 0 Å².